The van der Waals surface area contributed by atoms with Crippen molar-refractivity contribution in [3.63, 3.8) is 0 Å². The van der Waals surface area contributed by atoms with E-state index >= 15 is 0 Å². The lowest BCUT2D eigenvalue weighted by molar-refractivity contribution is -0.132. The number of hydrogen-bond acceptors (Lipinski definition) is 5. The van der Waals surface area contributed by atoms with Crippen molar-refractivity contribution in [2.45, 2.75) is 73.4 Å². The Labute approximate surface area is 188 Å². The maximum atomic E-state index is 12.6. The molecule has 2 N–H and O–H groups in total. The minimum absolute atomic E-state index is 0.0425. The van der Waals surface area contributed by atoms with E-state index in [4.69, 9.17) is 0 Å². The minimum atomic E-state index is -0.468. The Hall–Kier alpha value is -2.91. The first-order valence-electron chi connectivity index (χ1n) is 11.5. The molecule has 178 valence electrons. The Balaban J connectivity index is 2.27. The normalized spacial score (nSPS) is 11.3. The predicted octanol–water partition coefficient (Wildman–Crippen LogP) is 1.26. The van der Waals surface area contributed by atoms with Crippen LogP contribution in [-0.4, -0.2) is 55.5 Å². The number of aryl methyl sites for hydroxylation is 2. The molecule has 2 aromatic rings. The first kappa shape index (κ1) is 25.4. The van der Waals surface area contributed by atoms with Gasteiger partial charge >= 0.3 is 5.69 Å². The number of aromatic amines is 1. The van der Waals surface area contributed by atoms with Crippen LogP contribution in [0.25, 0.3) is 11.2 Å². The lowest BCUT2D eigenvalue weighted by Crippen LogP contribution is -2.40. The molecular formula is C22H36N6O4. The molecule has 0 atom stereocenters. The average molecular weight is 449 g/mol. The number of aromatic nitrogens is 4. The first-order chi connectivity index (χ1) is 15.2. The summed E-state index contributed by atoms with van der Waals surface area (Å²) in [5, 5.41) is 2.67. The van der Waals surface area contributed by atoms with Gasteiger partial charge in [0.15, 0.2) is 11.2 Å². The second-order valence-corrected chi connectivity index (χ2v) is 8.31. The minimum Gasteiger partial charge on any atom is -0.347 e. The van der Waals surface area contributed by atoms with Crippen LogP contribution in [0.4, 0.5) is 0 Å². The quantitative estimate of drug-likeness (QED) is 0.506. The van der Waals surface area contributed by atoms with Crippen LogP contribution in [0.3, 0.4) is 0 Å². The van der Waals surface area contributed by atoms with Gasteiger partial charge in [-0.1, -0.05) is 27.2 Å². The third kappa shape index (κ3) is 6.08. The van der Waals surface area contributed by atoms with E-state index in [0.29, 0.717) is 49.6 Å². The zero-order valence-corrected chi connectivity index (χ0v) is 19.9. The van der Waals surface area contributed by atoms with Crippen molar-refractivity contribution in [1.82, 2.24) is 29.3 Å². The summed E-state index contributed by atoms with van der Waals surface area (Å²) in [4.78, 5) is 58.1. The molecular weight excluding hydrogens is 412 g/mol. The van der Waals surface area contributed by atoms with Gasteiger partial charge in [-0.05, 0) is 26.2 Å². The van der Waals surface area contributed by atoms with Crippen LogP contribution in [0.5, 0.6) is 0 Å². The number of rotatable bonds is 12. The number of nitrogens with zero attached hydrogens (tertiary/aromatic N) is 4. The van der Waals surface area contributed by atoms with E-state index in [-0.39, 0.29) is 30.7 Å². The van der Waals surface area contributed by atoms with Crippen molar-refractivity contribution in [2.24, 2.45) is 5.92 Å². The van der Waals surface area contributed by atoms with Gasteiger partial charge in [0.1, 0.15) is 5.82 Å². The van der Waals surface area contributed by atoms with Gasteiger partial charge in [-0.2, -0.15) is 0 Å². The SMILES string of the molecule is CCCCn1c(=O)[nH]c(=O)c2c1nc(CCC(=O)NCC(=O)N(CC)CC)n2CC(C)C. The zero-order chi connectivity index (χ0) is 23.8. The van der Waals surface area contributed by atoms with E-state index in [0.717, 1.165) is 12.8 Å². The summed E-state index contributed by atoms with van der Waals surface area (Å²) in [7, 11) is 0. The summed E-state index contributed by atoms with van der Waals surface area (Å²) in [5.74, 6) is 0.440. The fourth-order valence-electron chi connectivity index (χ4n) is 3.67. The average Bonchev–Trinajstić information content (AvgIpc) is 3.09. The Morgan fingerprint density at radius 1 is 1.12 bits per heavy atom. The summed E-state index contributed by atoms with van der Waals surface area (Å²) < 4.78 is 3.32. The van der Waals surface area contributed by atoms with Crippen LogP contribution in [0, 0.1) is 5.92 Å². The molecule has 0 aromatic carbocycles. The van der Waals surface area contributed by atoms with Crippen molar-refractivity contribution in [3.05, 3.63) is 26.7 Å². The maximum absolute atomic E-state index is 12.6. The topological polar surface area (TPSA) is 122 Å². The first-order valence-corrected chi connectivity index (χ1v) is 11.5. The summed E-state index contributed by atoms with van der Waals surface area (Å²) in [6, 6.07) is 0. The van der Waals surface area contributed by atoms with Crippen molar-refractivity contribution in [2.75, 3.05) is 19.6 Å². The molecule has 0 aliphatic carbocycles. The van der Waals surface area contributed by atoms with Crippen LogP contribution >= 0.6 is 0 Å². The summed E-state index contributed by atoms with van der Waals surface area (Å²) in [6.45, 7) is 12.0. The molecule has 0 saturated heterocycles. The highest BCUT2D eigenvalue weighted by Crippen LogP contribution is 2.16. The Morgan fingerprint density at radius 3 is 2.41 bits per heavy atom. The molecule has 0 aliphatic heterocycles. The van der Waals surface area contributed by atoms with Crippen molar-refractivity contribution in [3.8, 4) is 0 Å². The Kier molecular flexibility index (Phi) is 9.22. The summed E-state index contributed by atoms with van der Waals surface area (Å²) in [6.07, 6.45) is 2.12. The lowest BCUT2D eigenvalue weighted by Gasteiger charge is -2.18. The number of nitrogens with one attached hydrogen (secondary N) is 2. The standard InChI is InChI=1S/C22H36N6O4/c1-6-9-12-27-20-19(21(31)25-22(27)32)28(14-15(4)5)16(24-20)10-11-17(29)23-13-18(30)26(7-2)8-3/h15H,6-14H2,1-5H3,(H,23,29)(H,25,31,32). The van der Waals surface area contributed by atoms with Gasteiger partial charge in [-0.3, -0.25) is 23.9 Å². The number of likely N-dealkylation sites (N-methyl/N-ethyl adjacent to an activating group) is 1. The number of H-pyrrole nitrogens is 1. The second kappa shape index (κ2) is 11.6. The highest BCUT2D eigenvalue weighted by Gasteiger charge is 2.20. The number of hydrogen-bond donors (Lipinski definition) is 2. The van der Waals surface area contributed by atoms with Gasteiger partial charge in [0.25, 0.3) is 5.56 Å². The molecule has 0 unspecified atom stereocenters. The molecule has 10 heteroatoms. The molecule has 2 heterocycles. The van der Waals surface area contributed by atoms with Crippen LogP contribution in [-0.2, 0) is 29.1 Å². The van der Waals surface area contributed by atoms with E-state index in [1.807, 2.05) is 39.2 Å². The second-order valence-electron chi connectivity index (χ2n) is 8.31. The van der Waals surface area contributed by atoms with Gasteiger partial charge in [0.05, 0.1) is 6.54 Å². The smallest absolute Gasteiger partial charge is 0.330 e. The summed E-state index contributed by atoms with van der Waals surface area (Å²) >= 11 is 0. The van der Waals surface area contributed by atoms with Crippen molar-refractivity contribution >= 4 is 23.0 Å². The van der Waals surface area contributed by atoms with Gasteiger partial charge in [-0.25, -0.2) is 9.78 Å². The largest absolute Gasteiger partial charge is 0.347 e. The van der Waals surface area contributed by atoms with Crippen LogP contribution in [0.1, 0.15) is 59.7 Å². The van der Waals surface area contributed by atoms with E-state index in [2.05, 4.69) is 15.3 Å². The molecule has 0 saturated carbocycles. The molecule has 2 rings (SSSR count). The van der Waals surface area contributed by atoms with Crippen LogP contribution < -0.4 is 16.6 Å². The lowest BCUT2D eigenvalue weighted by atomic mass is 10.2. The van der Waals surface area contributed by atoms with Crippen LogP contribution in [0.2, 0.25) is 0 Å². The van der Waals surface area contributed by atoms with E-state index in [9.17, 15) is 19.2 Å². The molecule has 0 radical (unpaired) electrons. The number of imidazole rings is 1. The van der Waals surface area contributed by atoms with Crippen molar-refractivity contribution in [1.29, 1.82) is 0 Å². The van der Waals surface area contributed by atoms with E-state index in [1.54, 1.807) is 4.90 Å². The van der Waals surface area contributed by atoms with Gasteiger partial charge in [0.2, 0.25) is 11.8 Å². The molecule has 32 heavy (non-hydrogen) atoms. The molecule has 0 bridgehead atoms. The van der Waals surface area contributed by atoms with E-state index < -0.39 is 11.2 Å². The van der Waals surface area contributed by atoms with Gasteiger partial charge in [-0.15, -0.1) is 0 Å². The number of carbonyl (C=O) groups excluding carboxylic acids is 2. The van der Waals surface area contributed by atoms with Gasteiger partial charge < -0.3 is 14.8 Å². The number of unbranched alkanes of at least 4 members (excludes halogenated alkanes) is 1. The number of fused-ring (bicyclic) bond motifs is 1. The molecule has 0 spiro atoms. The number of amides is 2. The van der Waals surface area contributed by atoms with Crippen LogP contribution in [0.15, 0.2) is 9.59 Å². The number of carbonyl (C=O) groups is 2. The monoisotopic (exact) mass is 448 g/mol. The Morgan fingerprint density at radius 2 is 1.81 bits per heavy atom. The third-order valence-electron chi connectivity index (χ3n) is 5.38. The molecule has 2 amide bonds. The summed E-state index contributed by atoms with van der Waals surface area (Å²) in [5.41, 5.74) is -0.211. The van der Waals surface area contributed by atoms with Gasteiger partial charge in [0, 0.05) is 39.0 Å². The van der Waals surface area contributed by atoms with Crippen molar-refractivity contribution < 1.29 is 9.59 Å². The predicted molar refractivity (Wildman–Crippen MR) is 124 cm³/mol. The zero-order valence-electron chi connectivity index (χ0n) is 19.9. The van der Waals surface area contributed by atoms with E-state index in [1.165, 1.54) is 4.57 Å². The maximum Gasteiger partial charge on any atom is 0.330 e. The fraction of sp³-hybridized carbons (Fsp3) is 0.682. The molecule has 0 aliphatic rings. The fourth-order valence-corrected chi connectivity index (χ4v) is 3.67. The highest BCUT2D eigenvalue weighted by molar-refractivity contribution is 5.84. The molecule has 0 fully saturated rings. The molecule has 2 aromatic heterocycles. The molecule has 10 nitrogen and oxygen atoms in total. The third-order valence-corrected chi connectivity index (χ3v) is 5.38. The highest BCUT2D eigenvalue weighted by atomic mass is 16.2. The Bertz CT molecular complexity index is 1050.